The van der Waals surface area contributed by atoms with Gasteiger partial charge >= 0.3 is 17.9 Å². The van der Waals surface area contributed by atoms with Gasteiger partial charge in [0.1, 0.15) is 12.1 Å². The molecule has 2 atom stereocenters. The van der Waals surface area contributed by atoms with Crippen LogP contribution in [0.1, 0.15) is 13.8 Å². The molecule has 86 valence electrons. The van der Waals surface area contributed by atoms with Crippen molar-refractivity contribution in [3.63, 3.8) is 0 Å². The van der Waals surface area contributed by atoms with Gasteiger partial charge in [0.2, 0.25) is 0 Å². The van der Waals surface area contributed by atoms with Crippen LogP contribution in [0, 0.1) is 0 Å². The van der Waals surface area contributed by atoms with E-state index in [4.69, 9.17) is 15.3 Å². The van der Waals surface area contributed by atoms with E-state index in [9.17, 15) is 14.4 Å². The molecule has 3 N–H and O–H groups in total. The molecule has 7 heteroatoms. The molecule has 0 radical (unpaired) electrons. The lowest BCUT2D eigenvalue weighted by Crippen LogP contribution is -2.50. The second kappa shape index (κ2) is 5.30. The molecule has 0 aromatic carbocycles. The zero-order valence-electron chi connectivity index (χ0n) is 8.38. The van der Waals surface area contributed by atoms with E-state index in [-0.39, 0.29) is 0 Å². The monoisotopic (exact) mass is 219 g/mol. The van der Waals surface area contributed by atoms with Crippen LogP contribution in [0.5, 0.6) is 0 Å². The SMILES string of the molecule is C[C@@H](C(=O)O)N(CC(=O)O)[C@@H](C)C(=O)O. The maximum absolute atomic E-state index is 10.6. The molecule has 0 heterocycles. The fraction of sp³-hybridized carbons (Fsp3) is 0.625. The highest BCUT2D eigenvalue weighted by Crippen LogP contribution is 2.06. The zero-order chi connectivity index (χ0) is 12.2. The molecular formula is C8H13NO6. The van der Waals surface area contributed by atoms with Crippen molar-refractivity contribution in [2.45, 2.75) is 25.9 Å². The van der Waals surface area contributed by atoms with E-state index in [0.29, 0.717) is 0 Å². The van der Waals surface area contributed by atoms with E-state index >= 15 is 0 Å². The Morgan fingerprint density at radius 1 is 1.00 bits per heavy atom. The number of hydrogen-bond acceptors (Lipinski definition) is 4. The lowest BCUT2D eigenvalue weighted by molar-refractivity contribution is -0.152. The van der Waals surface area contributed by atoms with Crippen molar-refractivity contribution in [3.05, 3.63) is 0 Å². The summed E-state index contributed by atoms with van der Waals surface area (Å²) in [7, 11) is 0. The van der Waals surface area contributed by atoms with Crippen molar-refractivity contribution >= 4 is 17.9 Å². The van der Waals surface area contributed by atoms with Gasteiger partial charge in [0.15, 0.2) is 0 Å². The third kappa shape index (κ3) is 3.94. The average molecular weight is 219 g/mol. The molecular weight excluding hydrogens is 206 g/mol. The van der Waals surface area contributed by atoms with E-state index in [0.717, 1.165) is 4.90 Å². The largest absolute Gasteiger partial charge is 0.480 e. The molecule has 0 rings (SSSR count). The lowest BCUT2D eigenvalue weighted by Gasteiger charge is -2.27. The van der Waals surface area contributed by atoms with Crippen LogP contribution in [0.4, 0.5) is 0 Å². The van der Waals surface area contributed by atoms with Crippen molar-refractivity contribution in [1.29, 1.82) is 0 Å². The van der Waals surface area contributed by atoms with Gasteiger partial charge in [0.25, 0.3) is 0 Å². The number of carboxylic acids is 3. The van der Waals surface area contributed by atoms with Crippen LogP contribution in [-0.4, -0.2) is 56.8 Å². The van der Waals surface area contributed by atoms with Crippen LogP contribution in [0.2, 0.25) is 0 Å². The first kappa shape index (κ1) is 13.4. The summed E-state index contributed by atoms with van der Waals surface area (Å²) in [5.41, 5.74) is 0. The third-order valence-corrected chi connectivity index (χ3v) is 2.03. The molecule has 7 nitrogen and oxygen atoms in total. The van der Waals surface area contributed by atoms with Crippen LogP contribution < -0.4 is 0 Å². The number of carbonyl (C=O) groups is 3. The molecule has 0 aliphatic rings. The fourth-order valence-electron chi connectivity index (χ4n) is 1.05. The van der Waals surface area contributed by atoms with Crippen molar-refractivity contribution in [3.8, 4) is 0 Å². The molecule has 0 aromatic heterocycles. The minimum atomic E-state index is -1.27. The quantitative estimate of drug-likeness (QED) is 0.542. The summed E-state index contributed by atoms with van der Waals surface area (Å²) >= 11 is 0. The molecule has 15 heavy (non-hydrogen) atoms. The summed E-state index contributed by atoms with van der Waals surface area (Å²) in [6, 6.07) is -2.32. The topological polar surface area (TPSA) is 115 Å². The van der Waals surface area contributed by atoms with Crippen LogP contribution in [-0.2, 0) is 14.4 Å². The standard InChI is InChI=1S/C8H13NO6/c1-4(7(12)13)9(3-6(10)11)5(2)8(14)15/h4-5H,3H2,1-2H3,(H,10,11)(H,12,13)(H,14,15)/t4-,5-/m0/s1. The summed E-state index contributed by atoms with van der Waals surface area (Å²) < 4.78 is 0. The maximum atomic E-state index is 10.6. The minimum absolute atomic E-state index is 0.624. The van der Waals surface area contributed by atoms with Crippen molar-refractivity contribution < 1.29 is 29.7 Å². The Labute approximate surface area is 85.9 Å². The first-order chi connectivity index (χ1) is 6.77. The minimum Gasteiger partial charge on any atom is -0.480 e. The highest BCUT2D eigenvalue weighted by Gasteiger charge is 2.30. The molecule has 0 aliphatic carbocycles. The molecule has 0 saturated heterocycles. The third-order valence-electron chi connectivity index (χ3n) is 2.03. The second-order valence-electron chi connectivity index (χ2n) is 3.09. The molecule has 0 fully saturated rings. The summed E-state index contributed by atoms with van der Waals surface area (Å²) in [6.45, 7) is 1.86. The Kier molecular flexibility index (Phi) is 4.72. The van der Waals surface area contributed by atoms with Crippen molar-refractivity contribution in [2.75, 3.05) is 6.54 Å². The van der Waals surface area contributed by atoms with E-state index in [1.54, 1.807) is 0 Å². The highest BCUT2D eigenvalue weighted by molar-refractivity contribution is 5.79. The summed E-state index contributed by atoms with van der Waals surface area (Å²) in [6.07, 6.45) is 0. The highest BCUT2D eigenvalue weighted by atomic mass is 16.4. The fourth-order valence-corrected chi connectivity index (χ4v) is 1.05. The predicted octanol–water partition coefficient (Wildman–Crippen LogP) is -0.681. The van der Waals surface area contributed by atoms with Gasteiger partial charge in [-0.15, -0.1) is 0 Å². The molecule has 0 amide bonds. The molecule has 0 saturated carbocycles. The smallest absolute Gasteiger partial charge is 0.320 e. The first-order valence-electron chi connectivity index (χ1n) is 4.20. The summed E-state index contributed by atoms with van der Waals surface area (Å²) in [5, 5.41) is 25.9. The molecule has 0 unspecified atom stereocenters. The molecule has 0 spiro atoms. The van der Waals surface area contributed by atoms with Gasteiger partial charge in [0.05, 0.1) is 6.54 Å². The van der Waals surface area contributed by atoms with E-state index < -0.39 is 36.5 Å². The zero-order valence-corrected chi connectivity index (χ0v) is 8.38. The van der Waals surface area contributed by atoms with Crippen LogP contribution in [0.15, 0.2) is 0 Å². The molecule has 0 aromatic rings. The van der Waals surface area contributed by atoms with Gasteiger partial charge in [-0.05, 0) is 13.8 Å². The number of aliphatic carboxylic acids is 3. The van der Waals surface area contributed by atoms with E-state index in [2.05, 4.69) is 0 Å². The normalized spacial score (nSPS) is 14.6. The van der Waals surface area contributed by atoms with Crippen molar-refractivity contribution in [2.24, 2.45) is 0 Å². The Morgan fingerprint density at radius 3 is 1.53 bits per heavy atom. The number of nitrogens with zero attached hydrogens (tertiary/aromatic N) is 1. The number of rotatable bonds is 6. The maximum Gasteiger partial charge on any atom is 0.320 e. The van der Waals surface area contributed by atoms with Gasteiger partial charge in [-0.1, -0.05) is 0 Å². The lowest BCUT2D eigenvalue weighted by atomic mass is 10.2. The van der Waals surface area contributed by atoms with E-state index in [1.807, 2.05) is 0 Å². The van der Waals surface area contributed by atoms with Gasteiger partial charge < -0.3 is 15.3 Å². The Balaban J connectivity index is 4.79. The van der Waals surface area contributed by atoms with Gasteiger partial charge in [-0.25, -0.2) is 0 Å². The Hall–Kier alpha value is -1.63. The Bertz CT molecular complexity index is 256. The summed E-state index contributed by atoms with van der Waals surface area (Å²) in [5.74, 6) is -3.79. The molecule has 0 aliphatic heterocycles. The van der Waals surface area contributed by atoms with Crippen LogP contribution in [0.3, 0.4) is 0 Å². The van der Waals surface area contributed by atoms with Gasteiger partial charge in [0, 0.05) is 0 Å². The second-order valence-corrected chi connectivity index (χ2v) is 3.09. The van der Waals surface area contributed by atoms with Crippen LogP contribution in [0.25, 0.3) is 0 Å². The first-order valence-corrected chi connectivity index (χ1v) is 4.20. The van der Waals surface area contributed by atoms with Gasteiger partial charge in [-0.2, -0.15) is 0 Å². The summed E-state index contributed by atoms with van der Waals surface area (Å²) in [4.78, 5) is 32.6. The van der Waals surface area contributed by atoms with Crippen molar-refractivity contribution in [1.82, 2.24) is 4.90 Å². The average Bonchev–Trinajstić information content (AvgIpc) is 2.11. The molecule has 0 bridgehead atoms. The van der Waals surface area contributed by atoms with Gasteiger partial charge in [-0.3, -0.25) is 19.3 Å². The number of carboxylic acid groups (broad SMARTS) is 3. The number of hydrogen-bond donors (Lipinski definition) is 3. The Morgan fingerprint density at radius 2 is 1.33 bits per heavy atom. The predicted molar refractivity (Wildman–Crippen MR) is 48.5 cm³/mol. The van der Waals surface area contributed by atoms with Crippen LogP contribution >= 0.6 is 0 Å². The van der Waals surface area contributed by atoms with E-state index in [1.165, 1.54) is 13.8 Å².